The molecule has 7 aromatic carbocycles. The largest absolute Gasteiger partial charge is 0.456 e. The molecular formula is C45H25N3O2S. The van der Waals surface area contributed by atoms with E-state index in [1.54, 1.807) is 0 Å². The van der Waals surface area contributed by atoms with Crippen LogP contribution in [0.4, 0.5) is 0 Å². The number of nitrogens with zero attached hydrogens (tertiary/aromatic N) is 3. The van der Waals surface area contributed by atoms with Gasteiger partial charge < -0.3 is 8.83 Å². The SMILES string of the molecule is c1ccc(-c2cc(-c3ccc4c(c3)sc3ccccc34)nc(-c3cccc4c3ccc3oc5ccc6nc(-c7ccccc7)oc6c5c34)n2)cc1. The average molecular weight is 672 g/mol. The van der Waals surface area contributed by atoms with E-state index < -0.39 is 0 Å². The van der Waals surface area contributed by atoms with Gasteiger partial charge in [-0.15, -0.1) is 11.3 Å². The highest BCUT2D eigenvalue weighted by Crippen LogP contribution is 2.42. The van der Waals surface area contributed by atoms with Gasteiger partial charge in [-0.1, -0.05) is 97.1 Å². The lowest BCUT2D eigenvalue weighted by Crippen LogP contribution is -1.96. The van der Waals surface area contributed by atoms with E-state index in [2.05, 4.69) is 84.9 Å². The number of thiophene rings is 1. The molecule has 4 heterocycles. The van der Waals surface area contributed by atoms with Crippen molar-refractivity contribution in [3.05, 3.63) is 152 Å². The van der Waals surface area contributed by atoms with Crippen LogP contribution in [0.15, 0.2) is 160 Å². The van der Waals surface area contributed by atoms with E-state index in [-0.39, 0.29) is 0 Å². The molecule has 238 valence electrons. The smallest absolute Gasteiger partial charge is 0.227 e. The van der Waals surface area contributed by atoms with E-state index in [0.29, 0.717) is 17.3 Å². The first-order chi connectivity index (χ1) is 25.2. The van der Waals surface area contributed by atoms with E-state index in [1.165, 1.54) is 20.2 Å². The predicted molar refractivity (Wildman–Crippen MR) is 209 cm³/mol. The summed E-state index contributed by atoms with van der Waals surface area (Å²) in [4.78, 5) is 15.3. The molecule has 0 atom stereocenters. The summed E-state index contributed by atoms with van der Waals surface area (Å²) >= 11 is 1.81. The molecule has 5 nitrogen and oxygen atoms in total. The van der Waals surface area contributed by atoms with Gasteiger partial charge >= 0.3 is 0 Å². The molecule has 0 amide bonds. The molecule has 0 spiro atoms. The maximum atomic E-state index is 6.48. The molecule has 0 saturated carbocycles. The number of hydrogen-bond donors (Lipinski definition) is 0. The molecule has 0 bridgehead atoms. The Bertz CT molecular complexity index is 3140. The van der Waals surface area contributed by atoms with Gasteiger partial charge in [0.25, 0.3) is 0 Å². The maximum Gasteiger partial charge on any atom is 0.227 e. The quantitative estimate of drug-likeness (QED) is 0.186. The van der Waals surface area contributed by atoms with Gasteiger partial charge in [0.05, 0.1) is 16.8 Å². The molecule has 0 unspecified atom stereocenters. The van der Waals surface area contributed by atoms with E-state index in [4.69, 9.17) is 23.8 Å². The van der Waals surface area contributed by atoms with Crippen molar-refractivity contribution >= 4 is 75.3 Å². The molecule has 0 radical (unpaired) electrons. The number of aromatic nitrogens is 3. The molecule has 51 heavy (non-hydrogen) atoms. The highest BCUT2D eigenvalue weighted by molar-refractivity contribution is 7.25. The predicted octanol–water partition coefficient (Wildman–Crippen LogP) is 12.7. The fourth-order valence-electron chi connectivity index (χ4n) is 7.35. The lowest BCUT2D eigenvalue weighted by molar-refractivity contribution is 0.622. The molecule has 11 aromatic rings. The van der Waals surface area contributed by atoms with Crippen molar-refractivity contribution in [2.24, 2.45) is 0 Å². The standard InChI is InChI=1S/C45H25N3O2S/c1-3-10-26(11-4-1)35-25-36(28-18-19-31-30-14-7-8-17-39(30)51-40(31)24-28)47-44(46-35)33-16-9-15-32-29(33)20-22-37-41(32)42-38(49-37)23-21-34-43(42)50-45(48-34)27-12-5-2-6-13-27/h1-25H. The molecule has 6 heteroatoms. The first-order valence-electron chi connectivity index (χ1n) is 16.8. The normalized spacial score (nSPS) is 11.9. The first kappa shape index (κ1) is 28.2. The molecule has 11 rings (SSSR count). The van der Waals surface area contributed by atoms with Crippen molar-refractivity contribution in [2.45, 2.75) is 0 Å². The van der Waals surface area contributed by atoms with Crippen LogP contribution in [0.5, 0.6) is 0 Å². The zero-order chi connectivity index (χ0) is 33.5. The lowest BCUT2D eigenvalue weighted by Gasteiger charge is -2.12. The number of fused-ring (bicyclic) bond motifs is 10. The van der Waals surface area contributed by atoms with Crippen LogP contribution < -0.4 is 0 Å². The minimum Gasteiger partial charge on any atom is -0.456 e. The lowest BCUT2D eigenvalue weighted by atomic mass is 9.98. The van der Waals surface area contributed by atoms with Crippen LogP contribution in [0.2, 0.25) is 0 Å². The van der Waals surface area contributed by atoms with Crippen LogP contribution in [0.3, 0.4) is 0 Å². The van der Waals surface area contributed by atoms with Gasteiger partial charge in [0.15, 0.2) is 11.4 Å². The zero-order valence-electron chi connectivity index (χ0n) is 27.0. The minimum absolute atomic E-state index is 0.584. The number of oxazole rings is 1. The van der Waals surface area contributed by atoms with Crippen LogP contribution in [-0.4, -0.2) is 15.0 Å². The number of benzene rings is 7. The van der Waals surface area contributed by atoms with Crippen molar-refractivity contribution in [1.29, 1.82) is 0 Å². The van der Waals surface area contributed by atoms with Gasteiger partial charge in [-0.05, 0) is 65.4 Å². The van der Waals surface area contributed by atoms with Gasteiger partial charge in [-0.3, -0.25) is 0 Å². The molecule has 0 fully saturated rings. The Labute approximate surface area is 295 Å². The fraction of sp³-hybridized carbons (Fsp3) is 0. The molecule has 0 aliphatic carbocycles. The molecule has 0 aliphatic heterocycles. The summed E-state index contributed by atoms with van der Waals surface area (Å²) in [5.41, 5.74) is 8.76. The van der Waals surface area contributed by atoms with E-state index in [1.807, 2.05) is 78.1 Å². The highest BCUT2D eigenvalue weighted by atomic mass is 32.1. The third kappa shape index (κ3) is 4.43. The fourth-order valence-corrected chi connectivity index (χ4v) is 8.50. The van der Waals surface area contributed by atoms with Gasteiger partial charge in [0, 0.05) is 47.8 Å². The van der Waals surface area contributed by atoms with E-state index >= 15 is 0 Å². The second-order valence-corrected chi connectivity index (χ2v) is 13.8. The highest BCUT2D eigenvalue weighted by Gasteiger charge is 2.20. The van der Waals surface area contributed by atoms with Crippen LogP contribution in [0.1, 0.15) is 0 Å². The minimum atomic E-state index is 0.584. The van der Waals surface area contributed by atoms with Crippen LogP contribution in [0.25, 0.3) is 109 Å². The summed E-state index contributed by atoms with van der Waals surface area (Å²) in [5.74, 6) is 1.25. The summed E-state index contributed by atoms with van der Waals surface area (Å²) in [6.07, 6.45) is 0. The third-order valence-electron chi connectivity index (χ3n) is 9.74. The average Bonchev–Trinajstić information content (AvgIpc) is 3.91. The second-order valence-electron chi connectivity index (χ2n) is 12.8. The maximum absolute atomic E-state index is 6.48. The Morgan fingerprint density at radius 2 is 1.12 bits per heavy atom. The Balaban J connectivity index is 1.14. The number of furan rings is 1. The summed E-state index contributed by atoms with van der Waals surface area (Å²) < 4.78 is 15.4. The Hall–Kier alpha value is -6.63. The molecule has 4 aromatic heterocycles. The monoisotopic (exact) mass is 671 g/mol. The van der Waals surface area contributed by atoms with Gasteiger partial charge in [-0.2, -0.15) is 0 Å². The summed E-state index contributed by atoms with van der Waals surface area (Å²) in [6.45, 7) is 0. The van der Waals surface area contributed by atoms with E-state index in [0.717, 1.165) is 71.9 Å². The number of hydrogen-bond acceptors (Lipinski definition) is 6. The topological polar surface area (TPSA) is 65.0 Å². The molecule has 0 saturated heterocycles. The van der Waals surface area contributed by atoms with Crippen molar-refractivity contribution in [2.75, 3.05) is 0 Å². The van der Waals surface area contributed by atoms with Crippen molar-refractivity contribution in [3.8, 4) is 45.4 Å². The summed E-state index contributed by atoms with van der Waals surface area (Å²) in [5, 5.41) is 6.51. The third-order valence-corrected chi connectivity index (χ3v) is 10.9. The van der Waals surface area contributed by atoms with Crippen LogP contribution in [0, 0.1) is 0 Å². The Morgan fingerprint density at radius 1 is 0.431 bits per heavy atom. The Morgan fingerprint density at radius 3 is 1.98 bits per heavy atom. The Kier molecular flexibility index (Phi) is 6.05. The van der Waals surface area contributed by atoms with Crippen LogP contribution >= 0.6 is 11.3 Å². The summed E-state index contributed by atoms with van der Waals surface area (Å²) in [6, 6.07) is 52.1. The van der Waals surface area contributed by atoms with Gasteiger partial charge in [0.1, 0.15) is 16.7 Å². The first-order valence-corrected chi connectivity index (χ1v) is 17.7. The molecule has 0 N–H and O–H groups in total. The van der Waals surface area contributed by atoms with E-state index in [9.17, 15) is 0 Å². The van der Waals surface area contributed by atoms with Crippen LogP contribution in [-0.2, 0) is 0 Å². The molecular weight excluding hydrogens is 647 g/mol. The second kappa shape index (κ2) is 10.9. The number of rotatable bonds is 4. The van der Waals surface area contributed by atoms with Gasteiger partial charge in [0.2, 0.25) is 5.89 Å². The van der Waals surface area contributed by atoms with Crippen molar-refractivity contribution in [1.82, 2.24) is 15.0 Å². The summed E-state index contributed by atoms with van der Waals surface area (Å²) in [7, 11) is 0. The van der Waals surface area contributed by atoms with Crippen molar-refractivity contribution in [3.63, 3.8) is 0 Å². The van der Waals surface area contributed by atoms with Crippen molar-refractivity contribution < 1.29 is 8.83 Å². The molecule has 0 aliphatic rings. The zero-order valence-corrected chi connectivity index (χ0v) is 27.8. The van der Waals surface area contributed by atoms with Gasteiger partial charge in [-0.25, -0.2) is 15.0 Å².